The van der Waals surface area contributed by atoms with Gasteiger partial charge in [-0.1, -0.05) is 26.2 Å². The maximum atomic E-state index is 6.00. The van der Waals surface area contributed by atoms with Gasteiger partial charge in [-0.2, -0.15) is 0 Å². The number of hydrogen-bond donors (Lipinski definition) is 2. The Balaban J connectivity index is 1.44. The fourth-order valence-corrected chi connectivity index (χ4v) is 6.46. The molecule has 19 heavy (non-hydrogen) atoms. The second-order valence-corrected chi connectivity index (χ2v) is 7.96. The predicted octanol–water partition coefficient (Wildman–Crippen LogP) is 3.33. The number of rotatable bonds is 4. The van der Waals surface area contributed by atoms with Crippen LogP contribution in [0.3, 0.4) is 0 Å². The molecule has 3 N–H and O–H groups in total. The van der Waals surface area contributed by atoms with Gasteiger partial charge >= 0.3 is 0 Å². The summed E-state index contributed by atoms with van der Waals surface area (Å²) in [6, 6.07) is 0.646. The summed E-state index contributed by atoms with van der Waals surface area (Å²) in [6.45, 7) is 2.37. The van der Waals surface area contributed by atoms with Crippen molar-refractivity contribution >= 4 is 0 Å². The van der Waals surface area contributed by atoms with Crippen LogP contribution < -0.4 is 11.3 Å². The Morgan fingerprint density at radius 2 is 1.79 bits per heavy atom. The van der Waals surface area contributed by atoms with Gasteiger partial charge in [0.25, 0.3) is 0 Å². The first-order chi connectivity index (χ1) is 9.33. The van der Waals surface area contributed by atoms with Gasteiger partial charge in [0.15, 0.2) is 0 Å². The summed E-state index contributed by atoms with van der Waals surface area (Å²) in [5.74, 6) is 13.1. The summed E-state index contributed by atoms with van der Waals surface area (Å²) in [4.78, 5) is 0. The van der Waals surface area contributed by atoms with E-state index in [2.05, 4.69) is 12.3 Å². The van der Waals surface area contributed by atoms with Crippen molar-refractivity contribution in [2.24, 2.45) is 47.3 Å². The summed E-state index contributed by atoms with van der Waals surface area (Å²) in [5, 5.41) is 0. The van der Waals surface area contributed by atoms with Crippen molar-refractivity contribution in [2.75, 3.05) is 0 Å². The number of hydrazine groups is 1. The van der Waals surface area contributed by atoms with E-state index in [1.165, 1.54) is 44.9 Å². The Labute approximate surface area is 117 Å². The van der Waals surface area contributed by atoms with E-state index in [0.717, 1.165) is 41.4 Å². The van der Waals surface area contributed by atoms with Crippen LogP contribution in [0.25, 0.3) is 0 Å². The second-order valence-electron chi connectivity index (χ2n) is 7.96. The van der Waals surface area contributed by atoms with Crippen LogP contribution in [0, 0.1) is 41.4 Å². The zero-order chi connectivity index (χ0) is 13.0. The first-order valence-corrected chi connectivity index (χ1v) is 8.79. The molecule has 0 saturated heterocycles. The minimum absolute atomic E-state index is 0.646. The van der Waals surface area contributed by atoms with Gasteiger partial charge in [0.2, 0.25) is 0 Å². The molecule has 7 atom stereocenters. The molecule has 7 unspecified atom stereocenters. The van der Waals surface area contributed by atoms with Crippen LogP contribution >= 0.6 is 0 Å². The van der Waals surface area contributed by atoms with Crippen molar-refractivity contribution in [2.45, 2.75) is 64.3 Å². The molecule has 0 aromatic heterocycles. The van der Waals surface area contributed by atoms with Crippen LogP contribution in [0.15, 0.2) is 0 Å². The molecule has 4 saturated carbocycles. The molecule has 4 fully saturated rings. The average molecular weight is 262 g/mol. The summed E-state index contributed by atoms with van der Waals surface area (Å²) in [5.41, 5.74) is 3.28. The summed E-state index contributed by atoms with van der Waals surface area (Å²) in [6.07, 6.45) is 11.8. The van der Waals surface area contributed by atoms with Gasteiger partial charge in [-0.25, -0.2) is 0 Å². The molecule has 0 spiro atoms. The normalized spacial score (nSPS) is 53.1. The van der Waals surface area contributed by atoms with Gasteiger partial charge in [-0.3, -0.25) is 11.3 Å². The fourth-order valence-electron chi connectivity index (χ4n) is 6.46. The van der Waals surface area contributed by atoms with Crippen molar-refractivity contribution in [3.8, 4) is 0 Å². The lowest BCUT2D eigenvalue weighted by Gasteiger charge is -2.35. The van der Waals surface area contributed by atoms with Crippen molar-refractivity contribution < 1.29 is 0 Å². The molecule has 4 rings (SSSR count). The minimum Gasteiger partial charge on any atom is -0.271 e. The van der Waals surface area contributed by atoms with E-state index in [9.17, 15) is 0 Å². The van der Waals surface area contributed by atoms with Gasteiger partial charge in [0, 0.05) is 6.04 Å². The third-order valence-electron chi connectivity index (χ3n) is 7.31. The maximum Gasteiger partial charge on any atom is 0.0272 e. The van der Waals surface area contributed by atoms with E-state index in [0.29, 0.717) is 6.04 Å². The number of nitrogens with two attached hydrogens (primary N) is 1. The van der Waals surface area contributed by atoms with Crippen molar-refractivity contribution in [3.05, 3.63) is 0 Å². The van der Waals surface area contributed by atoms with E-state index in [1.54, 1.807) is 6.42 Å². The highest BCUT2D eigenvalue weighted by atomic mass is 15.2. The molecule has 0 aliphatic heterocycles. The van der Waals surface area contributed by atoms with E-state index in [-0.39, 0.29) is 0 Å². The van der Waals surface area contributed by atoms with Gasteiger partial charge in [-0.15, -0.1) is 0 Å². The highest BCUT2D eigenvalue weighted by molar-refractivity contribution is 5.16. The van der Waals surface area contributed by atoms with Crippen molar-refractivity contribution in [1.29, 1.82) is 0 Å². The molecule has 0 radical (unpaired) electrons. The number of fused-ring (bicyclic) bond motifs is 5. The van der Waals surface area contributed by atoms with E-state index in [1.807, 2.05) is 0 Å². The molecule has 0 heterocycles. The first kappa shape index (κ1) is 12.6. The molecule has 4 aliphatic rings. The average Bonchev–Trinajstić information content (AvgIpc) is 2.87. The van der Waals surface area contributed by atoms with E-state index >= 15 is 0 Å². The largest absolute Gasteiger partial charge is 0.271 e. The Kier molecular flexibility index (Phi) is 3.15. The fraction of sp³-hybridized carbons (Fsp3) is 1.00. The third kappa shape index (κ3) is 1.90. The van der Waals surface area contributed by atoms with Gasteiger partial charge in [0.1, 0.15) is 0 Å². The van der Waals surface area contributed by atoms with Crippen LogP contribution in [0.5, 0.6) is 0 Å². The first-order valence-electron chi connectivity index (χ1n) is 8.79. The van der Waals surface area contributed by atoms with E-state index < -0.39 is 0 Å². The second kappa shape index (κ2) is 4.73. The van der Waals surface area contributed by atoms with Crippen LogP contribution in [0.2, 0.25) is 0 Å². The number of hydrogen-bond acceptors (Lipinski definition) is 2. The lowest BCUT2D eigenvalue weighted by molar-refractivity contribution is 0.180. The smallest absolute Gasteiger partial charge is 0.0272 e. The predicted molar refractivity (Wildman–Crippen MR) is 78.2 cm³/mol. The van der Waals surface area contributed by atoms with E-state index in [4.69, 9.17) is 5.84 Å². The Morgan fingerprint density at radius 1 is 1.05 bits per heavy atom. The molecule has 4 aliphatic carbocycles. The molecule has 2 bridgehead atoms. The Morgan fingerprint density at radius 3 is 2.42 bits per heavy atom. The molecule has 2 heteroatoms. The van der Waals surface area contributed by atoms with Crippen LogP contribution in [0.4, 0.5) is 0 Å². The summed E-state index contributed by atoms with van der Waals surface area (Å²) in [7, 11) is 0. The van der Waals surface area contributed by atoms with Crippen LogP contribution in [0.1, 0.15) is 58.3 Å². The Bertz CT molecular complexity index is 326. The quantitative estimate of drug-likeness (QED) is 0.602. The highest BCUT2D eigenvalue weighted by Gasteiger charge is 2.67. The molecular weight excluding hydrogens is 232 g/mol. The minimum atomic E-state index is 0.646. The molecule has 0 amide bonds. The van der Waals surface area contributed by atoms with Gasteiger partial charge in [0.05, 0.1) is 0 Å². The maximum absolute atomic E-state index is 6.00. The molecule has 108 valence electrons. The summed E-state index contributed by atoms with van der Waals surface area (Å²) < 4.78 is 0. The molecule has 2 nitrogen and oxygen atoms in total. The van der Waals surface area contributed by atoms with Gasteiger partial charge in [-0.05, 0) is 73.5 Å². The van der Waals surface area contributed by atoms with Gasteiger partial charge < -0.3 is 0 Å². The van der Waals surface area contributed by atoms with Crippen molar-refractivity contribution in [1.82, 2.24) is 5.43 Å². The molecule has 0 aromatic carbocycles. The monoisotopic (exact) mass is 262 g/mol. The Hall–Kier alpha value is -0.0800. The topological polar surface area (TPSA) is 38.0 Å². The standard InChI is InChI=1S/C17H30N2/c1-2-10-4-3-5-13(8-10)17(19-18)16-14-11-6-7-12(9-11)15(14)16/h10-17,19H,2-9,18H2,1H3. The zero-order valence-corrected chi connectivity index (χ0v) is 12.4. The molecular formula is C17H30N2. The highest BCUT2D eigenvalue weighted by Crippen LogP contribution is 2.71. The SMILES string of the molecule is CCC1CCCC(C(NN)C2C3C4CCC(C4)C32)C1. The lowest BCUT2D eigenvalue weighted by atomic mass is 9.74. The number of nitrogens with one attached hydrogen (secondary N) is 1. The zero-order valence-electron chi connectivity index (χ0n) is 12.4. The van der Waals surface area contributed by atoms with Crippen LogP contribution in [-0.4, -0.2) is 6.04 Å². The van der Waals surface area contributed by atoms with Crippen LogP contribution in [-0.2, 0) is 0 Å². The third-order valence-corrected chi connectivity index (χ3v) is 7.31. The van der Waals surface area contributed by atoms with Crippen molar-refractivity contribution in [3.63, 3.8) is 0 Å². The summed E-state index contributed by atoms with van der Waals surface area (Å²) >= 11 is 0. The molecule has 0 aromatic rings. The lowest BCUT2D eigenvalue weighted by Crippen LogP contribution is -2.45.